The van der Waals surface area contributed by atoms with Gasteiger partial charge in [-0.15, -0.1) is 0 Å². The highest BCUT2D eigenvalue weighted by molar-refractivity contribution is 6.07. The molecule has 7 heteroatoms. The Morgan fingerprint density at radius 1 is 1.32 bits per heavy atom. The molecule has 2 heterocycles. The van der Waals surface area contributed by atoms with Crippen LogP contribution in [-0.4, -0.2) is 53.2 Å². The Hall–Kier alpha value is -2.88. The molecular formula is C24H30N4O3. The van der Waals surface area contributed by atoms with Crippen LogP contribution in [0.15, 0.2) is 24.3 Å². The lowest BCUT2D eigenvalue weighted by molar-refractivity contribution is -0.145. The number of carbonyl (C=O) groups is 3. The summed E-state index contributed by atoms with van der Waals surface area (Å²) in [5.74, 6) is 0.222. The molecule has 1 aliphatic carbocycles. The van der Waals surface area contributed by atoms with Crippen LogP contribution in [0.1, 0.15) is 51.5 Å². The van der Waals surface area contributed by atoms with Crippen LogP contribution in [0.4, 0.5) is 5.69 Å². The lowest BCUT2D eigenvalue weighted by Crippen LogP contribution is -2.52. The molecule has 1 N–H and O–H groups in total. The van der Waals surface area contributed by atoms with Gasteiger partial charge in [-0.25, -0.2) is 0 Å². The average Bonchev–Trinajstić information content (AvgIpc) is 3.40. The molecule has 0 radical (unpaired) electrons. The van der Waals surface area contributed by atoms with Crippen LogP contribution in [-0.2, 0) is 19.8 Å². The van der Waals surface area contributed by atoms with E-state index in [4.69, 9.17) is 0 Å². The summed E-state index contributed by atoms with van der Waals surface area (Å²) < 4.78 is 0. The van der Waals surface area contributed by atoms with Crippen molar-refractivity contribution >= 4 is 23.4 Å². The first-order valence-corrected chi connectivity index (χ1v) is 11.1. The van der Waals surface area contributed by atoms with E-state index >= 15 is 0 Å². The minimum atomic E-state index is -0.911. The maximum atomic E-state index is 13.7. The third kappa shape index (κ3) is 3.80. The summed E-state index contributed by atoms with van der Waals surface area (Å²) in [6.07, 6.45) is 3.41. The highest BCUT2D eigenvalue weighted by atomic mass is 16.2. The van der Waals surface area contributed by atoms with Gasteiger partial charge in [-0.2, -0.15) is 5.26 Å². The molecule has 3 atom stereocenters. The molecule has 2 aliphatic heterocycles. The fraction of sp³-hybridized carbons (Fsp3) is 0.583. The molecule has 1 spiro atoms. The van der Waals surface area contributed by atoms with Crippen LogP contribution in [0, 0.1) is 23.2 Å². The number of anilines is 1. The minimum absolute atomic E-state index is 0.0205. The summed E-state index contributed by atoms with van der Waals surface area (Å²) in [5, 5.41) is 12.8. The molecule has 164 valence electrons. The normalized spacial score (nSPS) is 25.3. The second-order valence-electron chi connectivity index (χ2n) is 9.69. The van der Waals surface area contributed by atoms with Crippen molar-refractivity contribution in [2.75, 3.05) is 18.9 Å². The SMILES string of the molecule is CC(C)C[C@@H](C(=O)N1C[C@]2(C[C@H]1C#N)C(=O)Nc1ccccc12)N(C)C(=O)CC1CC1. The van der Waals surface area contributed by atoms with E-state index in [1.807, 2.05) is 38.1 Å². The number of fused-ring (bicyclic) bond motifs is 2. The summed E-state index contributed by atoms with van der Waals surface area (Å²) in [7, 11) is 1.69. The molecule has 1 saturated heterocycles. The van der Waals surface area contributed by atoms with Crippen LogP contribution in [0.2, 0.25) is 0 Å². The maximum Gasteiger partial charge on any atom is 0.246 e. The topological polar surface area (TPSA) is 93.5 Å². The van der Waals surface area contributed by atoms with E-state index in [1.165, 1.54) is 4.90 Å². The van der Waals surface area contributed by atoms with Crippen LogP contribution >= 0.6 is 0 Å². The van der Waals surface area contributed by atoms with Gasteiger partial charge < -0.3 is 15.1 Å². The van der Waals surface area contributed by atoms with Gasteiger partial charge >= 0.3 is 0 Å². The predicted molar refractivity (Wildman–Crippen MR) is 116 cm³/mol. The van der Waals surface area contributed by atoms with Gasteiger partial charge in [0.1, 0.15) is 12.1 Å². The number of likely N-dealkylation sites (N-methyl/N-ethyl adjacent to an activating group) is 1. The van der Waals surface area contributed by atoms with E-state index in [1.54, 1.807) is 11.9 Å². The first-order chi connectivity index (χ1) is 14.8. The summed E-state index contributed by atoms with van der Waals surface area (Å²) in [5.41, 5.74) is 0.675. The highest BCUT2D eigenvalue weighted by Crippen LogP contribution is 2.46. The van der Waals surface area contributed by atoms with Gasteiger partial charge in [-0.1, -0.05) is 32.0 Å². The molecule has 1 saturated carbocycles. The van der Waals surface area contributed by atoms with Crippen molar-refractivity contribution in [3.63, 3.8) is 0 Å². The Labute approximate surface area is 183 Å². The molecule has 7 nitrogen and oxygen atoms in total. The van der Waals surface area contributed by atoms with Crippen molar-refractivity contribution in [3.05, 3.63) is 29.8 Å². The first kappa shape index (κ1) is 21.4. The van der Waals surface area contributed by atoms with Gasteiger partial charge in [0, 0.05) is 32.1 Å². The summed E-state index contributed by atoms with van der Waals surface area (Å²) in [4.78, 5) is 42.6. The molecule has 1 aromatic rings. The van der Waals surface area contributed by atoms with E-state index in [2.05, 4.69) is 11.4 Å². The summed E-state index contributed by atoms with van der Waals surface area (Å²) >= 11 is 0. The number of nitriles is 1. The van der Waals surface area contributed by atoms with Crippen LogP contribution < -0.4 is 5.32 Å². The molecule has 3 aliphatic rings. The Morgan fingerprint density at radius 3 is 2.68 bits per heavy atom. The Morgan fingerprint density at radius 2 is 2.03 bits per heavy atom. The second-order valence-corrected chi connectivity index (χ2v) is 9.69. The quantitative estimate of drug-likeness (QED) is 0.763. The van der Waals surface area contributed by atoms with Crippen molar-refractivity contribution in [1.29, 1.82) is 5.26 Å². The zero-order valence-electron chi connectivity index (χ0n) is 18.4. The lowest BCUT2D eigenvalue weighted by Gasteiger charge is -2.33. The third-order valence-electron chi connectivity index (χ3n) is 6.92. The number of benzene rings is 1. The molecule has 2 fully saturated rings. The van der Waals surface area contributed by atoms with Crippen molar-refractivity contribution in [3.8, 4) is 6.07 Å². The molecular weight excluding hydrogens is 392 g/mol. The zero-order chi connectivity index (χ0) is 22.3. The van der Waals surface area contributed by atoms with Crippen molar-refractivity contribution in [2.24, 2.45) is 11.8 Å². The molecule has 0 aromatic heterocycles. The molecule has 0 unspecified atom stereocenters. The molecule has 31 heavy (non-hydrogen) atoms. The van der Waals surface area contributed by atoms with Crippen molar-refractivity contribution in [1.82, 2.24) is 9.80 Å². The summed E-state index contributed by atoms with van der Waals surface area (Å²) in [6.45, 7) is 4.20. The fourth-order valence-corrected chi connectivity index (χ4v) is 4.94. The number of rotatable bonds is 6. The predicted octanol–water partition coefficient (Wildman–Crippen LogP) is 2.67. The molecule has 0 bridgehead atoms. The second kappa shape index (κ2) is 7.99. The van der Waals surface area contributed by atoms with Gasteiger partial charge in [0.25, 0.3) is 0 Å². The summed E-state index contributed by atoms with van der Waals surface area (Å²) in [6, 6.07) is 8.38. The number of nitrogens with zero attached hydrogens (tertiary/aromatic N) is 3. The van der Waals surface area contributed by atoms with E-state index in [0.29, 0.717) is 18.8 Å². The standard InChI is InChI=1S/C24H30N4O3/c1-15(2)10-20(27(3)21(29)11-16-8-9-16)22(30)28-14-24(12-17(28)13-25)18-6-4-5-7-19(18)26-23(24)31/h4-7,15-17,20H,8-12,14H2,1-3H3,(H,26,31)/t17-,20-,24-/m0/s1. The van der Waals surface area contributed by atoms with Gasteiger partial charge in [-0.3, -0.25) is 14.4 Å². The van der Waals surface area contributed by atoms with Crippen molar-refractivity contribution < 1.29 is 14.4 Å². The Kier molecular flexibility index (Phi) is 5.50. The van der Waals surface area contributed by atoms with Crippen LogP contribution in [0.5, 0.6) is 0 Å². The largest absolute Gasteiger partial charge is 0.334 e. The van der Waals surface area contributed by atoms with E-state index in [0.717, 1.165) is 24.1 Å². The number of nitrogens with one attached hydrogen (secondary N) is 1. The monoisotopic (exact) mass is 422 g/mol. The number of carbonyl (C=O) groups excluding carboxylic acids is 3. The Bertz CT molecular complexity index is 948. The smallest absolute Gasteiger partial charge is 0.246 e. The zero-order valence-corrected chi connectivity index (χ0v) is 18.4. The van der Waals surface area contributed by atoms with Gasteiger partial charge in [0.05, 0.1) is 11.5 Å². The van der Waals surface area contributed by atoms with Crippen LogP contribution in [0.25, 0.3) is 0 Å². The Balaban J connectivity index is 1.61. The average molecular weight is 423 g/mol. The van der Waals surface area contributed by atoms with E-state index in [9.17, 15) is 19.6 Å². The number of likely N-dealkylation sites (tertiary alicyclic amines) is 1. The third-order valence-corrected chi connectivity index (χ3v) is 6.92. The molecule has 3 amide bonds. The molecule has 4 rings (SSSR count). The lowest BCUT2D eigenvalue weighted by atomic mass is 9.80. The number of hydrogen-bond acceptors (Lipinski definition) is 4. The number of hydrogen-bond donors (Lipinski definition) is 1. The van der Waals surface area contributed by atoms with E-state index in [-0.39, 0.29) is 36.6 Å². The van der Waals surface area contributed by atoms with Crippen molar-refractivity contribution in [2.45, 2.75) is 63.5 Å². The molecule has 1 aromatic carbocycles. The van der Waals surface area contributed by atoms with Gasteiger partial charge in [0.15, 0.2) is 0 Å². The highest BCUT2D eigenvalue weighted by Gasteiger charge is 2.56. The maximum absolute atomic E-state index is 13.7. The van der Waals surface area contributed by atoms with Gasteiger partial charge in [-0.05, 0) is 42.7 Å². The minimum Gasteiger partial charge on any atom is -0.334 e. The fourth-order valence-electron chi connectivity index (χ4n) is 4.94. The first-order valence-electron chi connectivity index (χ1n) is 11.1. The van der Waals surface area contributed by atoms with Crippen LogP contribution in [0.3, 0.4) is 0 Å². The number of amides is 3. The van der Waals surface area contributed by atoms with Gasteiger partial charge in [0.2, 0.25) is 17.7 Å². The van der Waals surface area contributed by atoms with E-state index < -0.39 is 17.5 Å². The number of para-hydroxylation sites is 1.